The molecule has 8 heteroatoms. The van der Waals surface area contributed by atoms with Gasteiger partial charge in [-0.25, -0.2) is 4.79 Å². The number of aliphatic carboxylic acids is 1. The first-order chi connectivity index (χ1) is 17.0. The lowest BCUT2D eigenvalue weighted by atomic mass is 9.98. The number of hydrogen-bond acceptors (Lipinski definition) is 5. The van der Waals surface area contributed by atoms with Crippen LogP contribution in [0.3, 0.4) is 0 Å². The minimum atomic E-state index is -1.07. The Kier molecular flexibility index (Phi) is 9.27. The number of carboxylic acids is 1. The van der Waals surface area contributed by atoms with Gasteiger partial charge in [-0.1, -0.05) is 48.5 Å². The molecule has 0 aliphatic heterocycles. The number of amides is 2. The predicted molar refractivity (Wildman–Crippen MR) is 131 cm³/mol. The van der Waals surface area contributed by atoms with E-state index in [-0.39, 0.29) is 45.1 Å². The van der Waals surface area contributed by atoms with Crippen LogP contribution < -0.4 is 5.32 Å². The van der Waals surface area contributed by atoms with Crippen molar-refractivity contribution in [1.82, 2.24) is 10.2 Å². The van der Waals surface area contributed by atoms with Gasteiger partial charge in [0.05, 0.1) is 6.61 Å². The summed E-state index contributed by atoms with van der Waals surface area (Å²) < 4.78 is 10.6. The number of carbonyl (C=O) groups is 3. The molecule has 8 nitrogen and oxygen atoms in total. The molecule has 2 amide bonds. The summed E-state index contributed by atoms with van der Waals surface area (Å²) in [5.74, 6) is 0.867. The molecule has 3 rings (SSSR count). The molecular weight excluding hydrogens is 448 g/mol. The zero-order valence-corrected chi connectivity index (χ0v) is 19.7. The van der Waals surface area contributed by atoms with E-state index >= 15 is 0 Å². The summed E-state index contributed by atoms with van der Waals surface area (Å²) in [5, 5.41) is 11.7. The molecule has 0 bridgehead atoms. The van der Waals surface area contributed by atoms with Gasteiger partial charge in [-0.3, -0.25) is 9.59 Å². The van der Waals surface area contributed by atoms with Crippen LogP contribution in [0.25, 0.3) is 11.1 Å². The van der Waals surface area contributed by atoms with Crippen molar-refractivity contribution in [3.05, 3.63) is 59.7 Å². The third kappa shape index (κ3) is 6.61. The number of hydrogen-bond donors (Lipinski definition) is 2. The molecule has 2 aromatic carbocycles. The van der Waals surface area contributed by atoms with Gasteiger partial charge < -0.3 is 24.8 Å². The lowest BCUT2D eigenvalue weighted by Crippen LogP contribution is -2.50. The van der Waals surface area contributed by atoms with Gasteiger partial charge in [-0.05, 0) is 28.7 Å². The van der Waals surface area contributed by atoms with E-state index in [9.17, 15) is 14.4 Å². The Bertz CT molecular complexity index is 1050. The van der Waals surface area contributed by atoms with Gasteiger partial charge in [0.1, 0.15) is 12.6 Å². The number of ether oxygens (including phenoxy) is 2. The van der Waals surface area contributed by atoms with Crippen LogP contribution in [0.1, 0.15) is 36.3 Å². The molecule has 0 aromatic heterocycles. The molecular formula is C27H30N2O6. The highest BCUT2D eigenvalue weighted by molar-refractivity contribution is 5.86. The minimum absolute atomic E-state index is 0.0715. The fourth-order valence-corrected chi connectivity index (χ4v) is 4.26. The maximum Gasteiger partial charge on any atom is 0.407 e. The summed E-state index contributed by atoms with van der Waals surface area (Å²) in [6, 6.07) is 14.9. The number of benzene rings is 2. The highest BCUT2D eigenvalue weighted by Crippen LogP contribution is 2.44. The molecule has 184 valence electrons. The van der Waals surface area contributed by atoms with Crippen LogP contribution in [-0.4, -0.2) is 67.4 Å². The van der Waals surface area contributed by atoms with Crippen molar-refractivity contribution in [2.45, 2.75) is 31.2 Å². The van der Waals surface area contributed by atoms with Crippen molar-refractivity contribution in [2.24, 2.45) is 0 Å². The Balaban J connectivity index is 1.69. The molecule has 0 saturated heterocycles. The molecule has 0 saturated carbocycles. The second-order valence-electron chi connectivity index (χ2n) is 8.23. The highest BCUT2D eigenvalue weighted by atomic mass is 16.5. The average molecular weight is 479 g/mol. The van der Waals surface area contributed by atoms with E-state index in [2.05, 4.69) is 11.2 Å². The molecule has 0 heterocycles. The van der Waals surface area contributed by atoms with E-state index in [0.717, 1.165) is 22.3 Å². The van der Waals surface area contributed by atoms with E-state index in [0.29, 0.717) is 6.42 Å². The number of carbonyl (C=O) groups excluding carboxylic acids is 2. The van der Waals surface area contributed by atoms with E-state index < -0.39 is 24.0 Å². The molecule has 35 heavy (non-hydrogen) atoms. The summed E-state index contributed by atoms with van der Waals surface area (Å²) >= 11 is 0. The molecule has 0 fully saturated rings. The highest BCUT2D eigenvalue weighted by Gasteiger charge is 2.31. The second kappa shape index (κ2) is 12.6. The van der Waals surface area contributed by atoms with Crippen LogP contribution in [-0.2, 0) is 19.1 Å². The number of methoxy groups -OCH3 is 1. The Labute approximate surface area is 205 Å². The predicted octanol–water partition coefficient (Wildman–Crippen LogP) is 3.26. The van der Waals surface area contributed by atoms with E-state index in [1.807, 2.05) is 48.5 Å². The molecule has 1 unspecified atom stereocenters. The summed E-state index contributed by atoms with van der Waals surface area (Å²) in [6.45, 7) is 0.915. The lowest BCUT2D eigenvalue weighted by molar-refractivity contribution is -0.138. The molecule has 1 aliphatic carbocycles. The fourth-order valence-electron chi connectivity index (χ4n) is 4.26. The number of rotatable bonds is 12. The van der Waals surface area contributed by atoms with Crippen LogP contribution >= 0.6 is 0 Å². The Morgan fingerprint density at radius 1 is 1.09 bits per heavy atom. The maximum absolute atomic E-state index is 13.1. The van der Waals surface area contributed by atoms with Crippen molar-refractivity contribution in [3.63, 3.8) is 0 Å². The Hall–Kier alpha value is -3.83. The SMILES string of the molecule is C#CCCN(CCOC)C(=O)C(CCC(=O)O)NC(=O)OCC1c2ccccc2-c2ccccc21. The molecule has 2 aromatic rings. The number of nitrogens with zero attached hydrogens (tertiary/aromatic N) is 1. The summed E-state index contributed by atoms with van der Waals surface area (Å²) in [7, 11) is 1.51. The van der Waals surface area contributed by atoms with E-state index in [1.165, 1.54) is 12.0 Å². The molecule has 2 N–H and O–H groups in total. The fraction of sp³-hybridized carbons (Fsp3) is 0.370. The zero-order chi connectivity index (χ0) is 25.2. The van der Waals surface area contributed by atoms with Crippen LogP contribution in [0.4, 0.5) is 4.79 Å². The van der Waals surface area contributed by atoms with Gasteiger partial charge in [0, 0.05) is 39.0 Å². The van der Waals surface area contributed by atoms with Gasteiger partial charge in [0.2, 0.25) is 5.91 Å². The summed E-state index contributed by atoms with van der Waals surface area (Å²) in [6.07, 6.45) is 4.53. The van der Waals surface area contributed by atoms with Gasteiger partial charge in [-0.2, -0.15) is 0 Å². The quantitative estimate of drug-likeness (QED) is 0.454. The van der Waals surface area contributed by atoms with Crippen LogP contribution in [0, 0.1) is 12.3 Å². The molecule has 1 aliphatic rings. The molecule has 1 atom stereocenters. The third-order valence-corrected chi connectivity index (χ3v) is 5.98. The zero-order valence-electron chi connectivity index (χ0n) is 19.7. The summed E-state index contributed by atoms with van der Waals surface area (Å²) in [5.41, 5.74) is 4.35. The third-order valence-electron chi connectivity index (χ3n) is 5.98. The summed E-state index contributed by atoms with van der Waals surface area (Å²) in [4.78, 5) is 38.5. The van der Waals surface area contributed by atoms with Crippen molar-refractivity contribution < 1.29 is 29.0 Å². The minimum Gasteiger partial charge on any atom is -0.481 e. The van der Waals surface area contributed by atoms with Crippen molar-refractivity contribution in [1.29, 1.82) is 0 Å². The number of nitrogens with one attached hydrogen (secondary N) is 1. The number of alkyl carbamates (subject to hydrolysis) is 1. The van der Waals surface area contributed by atoms with E-state index in [1.54, 1.807) is 0 Å². The first kappa shape index (κ1) is 25.8. The lowest BCUT2D eigenvalue weighted by Gasteiger charge is -2.27. The first-order valence-electron chi connectivity index (χ1n) is 11.5. The van der Waals surface area contributed by atoms with E-state index in [4.69, 9.17) is 21.0 Å². The van der Waals surface area contributed by atoms with Crippen LogP contribution in [0.15, 0.2) is 48.5 Å². The van der Waals surface area contributed by atoms with Gasteiger partial charge in [-0.15, -0.1) is 12.3 Å². The number of terminal acetylenes is 1. The smallest absolute Gasteiger partial charge is 0.407 e. The van der Waals surface area contributed by atoms with Crippen LogP contribution in [0.2, 0.25) is 0 Å². The molecule has 0 radical (unpaired) electrons. The van der Waals surface area contributed by atoms with Crippen molar-refractivity contribution in [2.75, 3.05) is 33.4 Å². The number of carboxylic acid groups (broad SMARTS) is 1. The van der Waals surface area contributed by atoms with Crippen LogP contribution in [0.5, 0.6) is 0 Å². The topological polar surface area (TPSA) is 105 Å². The standard InChI is InChI=1S/C27H30N2O6/c1-3-4-15-29(16-17-34-2)26(32)24(13-14-25(30)31)28-27(33)35-18-23-21-11-7-5-9-19(21)20-10-6-8-12-22(20)23/h1,5-12,23-24H,4,13-18H2,2H3,(H,28,33)(H,30,31). The second-order valence-corrected chi connectivity index (χ2v) is 8.23. The maximum atomic E-state index is 13.1. The van der Waals surface area contributed by atoms with Gasteiger partial charge >= 0.3 is 12.1 Å². The largest absolute Gasteiger partial charge is 0.481 e. The monoisotopic (exact) mass is 478 g/mol. The average Bonchev–Trinajstić information content (AvgIpc) is 3.18. The van der Waals surface area contributed by atoms with Gasteiger partial charge in [0.15, 0.2) is 0 Å². The Morgan fingerprint density at radius 3 is 2.29 bits per heavy atom. The first-order valence-corrected chi connectivity index (χ1v) is 11.5. The Morgan fingerprint density at radius 2 is 1.71 bits per heavy atom. The number of fused-ring (bicyclic) bond motifs is 3. The van der Waals surface area contributed by atoms with Gasteiger partial charge in [0.25, 0.3) is 0 Å². The van der Waals surface area contributed by atoms with Crippen molar-refractivity contribution in [3.8, 4) is 23.5 Å². The molecule has 0 spiro atoms. The normalized spacial score (nSPS) is 12.7. The van der Waals surface area contributed by atoms with Crippen molar-refractivity contribution >= 4 is 18.0 Å².